The minimum Gasteiger partial charge on any atom is -0.356 e. The number of alkyl halides is 3. The number of hydrogen-bond donors (Lipinski definition) is 1. The predicted molar refractivity (Wildman–Crippen MR) is 118 cm³/mol. The summed E-state index contributed by atoms with van der Waals surface area (Å²) in [5.41, 5.74) is 1.63. The predicted octanol–water partition coefficient (Wildman–Crippen LogP) is 6.42. The molecule has 0 aliphatic carbocycles. The van der Waals surface area contributed by atoms with Gasteiger partial charge in [0.1, 0.15) is 0 Å². The summed E-state index contributed by atoms with van der Waals surface area (Å²) in [5, 5.41) is 3.89. The lowest BCUT2D eigenvalue weighted by molar-refractivity contribution is -0.137. The van der Waals surface area contributed by atoms with E-state index in [1.807, 2.05) is 42.1 Å². The number of hydrogen-bond acceptors (Lipinski definition) is 1. The van der Waals surface area contributed by atoms with E-state index in [2.05, 4.69) is 12.2 Å². The van der Waals surface area contributed by atoms with E-state index in [0.29, 0.717) is 12.1 Å². The topological polar surface area (TPSA) is 34.0 Å². The minimum absolute atomic E-state index is 0.100. The molecule has 1 N–H and O–H groups in total. The first-order valence-electron chi connectivity index (χ1n) is 10.8. The third-order valence-electron chi connectivity index (χ3n) is 5.66. The lowest BCUT2D eigenvalue weighted by Gasteiger charge is -2.19. The summed E-state index contributed by atoms with van der Waals surface area (Å²) in [5.74, 6) is -0.615. The first kappa shape index (κ1) is 22.9. The first-order valence-corrected chi connectivity index (χ1v) is 10.8. The number of fused-ring (bicyclic) bond motifs is 1. The van der Waals surface area contributed by atoms with Gasteiger partial charge in [0.15, 0.2) is 0 Å². The molecule has 0 saturated heterocycles. The number of para-hydroxylation sites is 1. The van der Waals surface area contributed by atoms with Crippen LogP contribution >= 0.6 is 0 Å². The van der Waals surface area contributed by atoms with E-state index in [9.17, 15) is 18.0 Å². The van der Waals surface area contributed by atoms with Crippen LogP contribution in [-0.2, 0) is 18.0 Å². The van der Waals surface area contributed by atoms with Gasteiger partial charge in [-0.15, -0.1) is 0 Å². The number of aromatic nitrogens is 1. The van der Waals surface area contributed by atoms with Gasteiger partial charge in [-0.2, -0.15) is 13.2 Å². The van der Waals surface area contributed by atoms with Crippen molar-refractivity contribution >= 4 is 16.8 Å². The summed E-state index contributed by atoms with van der Waals surface area (Å²) in [7, 11) is 1.91. The fourth-order valence-corrected chi connectivity index (χ4v) is 4.03. The molecule has 0 fully saturated rings. The van der Waals surface area contributed by atoms with Crippen molar-refractivity contribution in [1.29, 1.82) is 0 Å². The van der Waals surface area contributed by atoms with Crippen LogP contribution in [0.2, 0.25) is 0 Å². The number of halogens is 3. The summed E-state index contributed by atoms with van der Waals surface area (Å²) in [6.45, 7) is 2.71. The highest BCUT2D eigenvalue weighted by atomic mass is 19.4. The van der Waals surface area contributed by atoms with Crippen LogP contribution in [0, 0.1) is 0 Å². The van der Waals surface area contributed by atoms with Gasteiger partial charge >= 0.3 is 6.18 Å². The van der Waals surface area contributed by atoms with E-state index in [-0.39, 0.29) is 12.3 Å². The van der Waals surface area contributed by atoms with Crippen molar-refractivity contribution in [3.05, 3.63) is 71.4 Å². The molecule has 3 aromatic rings. The molecule has 1 amide bonds. The van der Waals surface area contributed by atoms with E-state index in [4.69, 9.17) is 0 Å². The van der Waals surface area contributed by atoms with Crippen molar-refractivity contribution in [2.45, 2.75) is 51.1 Å². The number of nitrogens with zero attached hydrogens (tertiary/aromatic N) is 1. The molecular weight excluding hydrogens is 401 g/mol. The average Bonchev–Trinajstić information content (AvgIpc) is 3.08. The number of benzene rings is 2. The molecule has 0 aliphatic rings. The van der Waals surface area contributed by atoms with Gasteiger partial charge in [0.25, 0.3) is 0 Å². The Morgan fingerprint density at radius 1 is 1.06 bits per heavy atom. The smallest absolute Gasteiger partial charge is 0.356 e. The summed E-state index contributed by atoms with van der Waals surface area (Å²) in [4.78, 5) is 12.7. The van der Waals surface area contributed by atoms with E-state index in [1.165, 1.54) is 12.1 Å². The molecule has 0 spiro atoms. The standard InChI is InChI=1S/C25H29F3N2O/c1-3-4-5-8-14-29-24(31)16-21(18-10-9-11-19(15-18)25(26,27)28)22-17-30(2)23-13-7-6-12-20(22)23/h6-7,9-13,15,17,21H,3-5,8,14,16H2,1-2H3,(H,29,31)/t21-/m1/s1. The molecule has 1 heterocycles. The van der Waals surface area contributed by atoms with Crippen LogP contribution in [-0.4, -0.2) is 17.0 Å². The van der Waals surface area contributed by atoms with Gasteiger partial charge in [-0.05, 0) is 29.7 Å². The van der Waals surface area contributed by atoms with Crippen molar-refractivity contribution in [3.63, 3.8) is 0 Å². The maximum Gasteiger partial charge on any atom is 0.416 e. The highest BCUT2D eigenvalue weighted by molar-refractivity contribution is 5.86. The summed E-state index contributed by atoms with van der Waals surface area (Å²) >= 11 is 0. The molecule has 3 nitrogen and oxygen atoms in total. The Morgan fingerprint density at radius 3 is 2.58 bits per heavy atom. The van der Waals surface area contributed by atoms with Gasteiger partial charge in [-0.1, -0.05) is 62.6 Å². The Kier molecular flexibility index (Phi) is 7.42. The maximum atomic E-state index is 13.3. The van der Waals surface area contributed by atoms with Gasteiger partial charge < -0.3 is 9.88 Å². The van der Waals surface area contributed by atoms with Gasteiger partial charge in [0.05, 0.1) is 5.56 Å². The highest BCUT2D eigenvalue weighted by Gasteiger charge is 2.32. The fourth-order valence-electron chi connectivity index (χ4n) is 4.03. The van der Waals surface area contributed by atoms with Gasteiger partial charge in [0, 0.05) is 43.0 Å². The van der Waals surface area contributed by atoms with Crippen LogP contribution < -0.4 is 5.32 Å². The Bertz CT molecular complexity index is 1020. The van der Waals surface area contributed by atoms with Crippen LogP contribution in [0.1, 0.15) is 61.6 Å². The average molecular weight is 431 g/mol. The lowest BCUT2D eigenvalue weighted by Crippen LogP contribution is -2.26. The maximum absolute atomic E-state index is 13.3. The monoisotopic (exact) mass is 430 g/mol. The molecule has 1 aromatic heterocycles. The Balaban J connectivity index is 1.92. The SMILES string of the molecule is CCCCCCNC(=O)C[C@H](c1cccc(C(F)(F)F)c1)c1cn(C)c2ccccc12. The molecule has 0 aliphatic heterocycles. The molecule has 1 atom stereocenters. The Labute approximate surface area is 181 Å². The van der Waals surface area contributed by atoms with Crippen molar-refractivity contribution in [2.24, 2.45) is 7.05 Å². The summed E-state index contributed by atoms with van der Waals surface area (Å²) in [6, 6.07) is 13.1. The summed E-state index contributed by atoms with van der Waals surface area (Å²) in [6.07, 6.45) is 1.79. The van der Waals surface area contributed by atoms with Gasteiger partial charge in [0.2, 0.25) is 5.91 Å². The minimum atomic E-state index is -4.43. The van der Waals surface area contributed by atoms with Gasteiger partial charge in [-0.3, -0.25) is 4.79 Å². The second-order valence-corrected chi connectivity index (χ2v) is 8.00. The number of nitrogens with one attached hydrogen (secondary N) is 1. The molecule has 0 saturated carbocycles. The van der Waals surface area contributed by atoms with E-state index in [0.717, 1.165) is 48.2 Å². The quantitative estimate of drug-likeness (QED) is 0.391. The van der Waals surface area contributed by atoms with Crippen molar-refractivity contribution in [2.75, 3.05) is 6.54 Å². The largest absolute Gasteiger partial charge is 0.416 e. The highest BCUT2D eigenvalue weighted by Crippen LogP contribution is 2.37. The number of unbranched alkanes of at least 4 members (excludes halogenated alkanes) is 3. The summed E-state index contributed by atoms with van der Waals surface area (Å²) < 4.78 is 42.0. The van der Waals surface area contributed by atoms with Crippen LogP contribution in [0.4, 0.5) is 13.2 Å². The molecule has 0 bridgehead atoms. The van der Waals surface area contributed by atoms with E-state index < -0.39 is 17.7 Å². The molecule has 2 aromatic carbocycles. The number of aryl methyl sites for hydroxylation is 1. The van der Waals surface area contributed by atoms with Crippen molar-refractivity contribution in [1.82, 2.24) is 9.88 Å². The zero-order valence-electron chi connectivity index (χ0n) is 18.0. The molecule has 3 rings (SSSR count). The van der Waals surface area contributed by atoms with Crippen LogP contribution in [0.3, 0.4) is 0 Å². The molecular formula is C25H29F3N2O. The van der Waals surface area contributed by atoms with Gasteiger partial charge in [-0.25, -0.2) is 0 Å². The normalized spacial score (nSPS) is 12.8. The molecule has 6 heteroatoms. The zero-order chi connectivity index (χ0) is 22.4. The van der Waals surface area contributed by atoms with Crippen molar-refractivity contribution in [3.8, 4) is 0 Å². The number of rotatable bonds is 9. The van der Waals surface area contributed by atoms with Crippen LogP contribution in [0.15, 0.2) is 54.7 Å². The number of carbonyl (C=O) groups excluding carboxylic acids is 1. The second kappa shape index (κ2) is 10.0. The zero-order valence-corrected chi connectivity index (χ0v) is 18.0. The molecule has 0 radical (unpaired) electrons. The van der Waals surface area contributed by atoms with Crippen LogP contribution in [0.25, 0.3) is 10.9 Å². The number of amides is 1. The molecule has 31 heavy (non-hydrogen) atoms. The van der Waals surface area contributed by atoms with Crippen LogP contribution in [0.5, 0.6) is 0 Å². The fraction of sp³-hybridized carbons (Fsp3) is 0.400. The third kappa shape index (κ3) is 5.69. The lowest BCUT2D eigenvalue weighted by atomic mass is 9.87. The Morgan fingerprint density at radius 2 is 1.84 bits per heavy atom. The molecule has 166 valence electrons. The number of carbonyl (C=O) groups is 1. The van der Waals surface area contributed by atoms with Crippen molar-refractivity contribution < 1.29 is 18.0 Å². The third-order valence-corrected chi connectivity index (χ3v) is 5.66. The molecule has 0 unspecified atom stereocenters. The van der Waals surface area contributed by atoms with E-state index >= 15 is 0 Å². The first-order chi connectivity index (χ1) is 14.8. The second-order valence-electron chi connectivity index (χ2n) is 8.00. The van der Waals surface area contributed by atoms with E-state index in [1.54, 1.807) is 6.07 Å². The Hall–Kier alpha value is -2.76.